The van der Waals surface area contributed by atoms with Gasteiger partial charge in [0.15, 0.2) is 0 Å². The Balaban J connectivity index is 2.85. The molecule has 0 aliphatic carbocycles. The number of halogens is 1. The molecule has 1 N–H and O–H groups in total. The van der Waals surface area contributed by atoms with Gasteiger partial charge in [0, 0.05) is 17.7 Å². The Bertz CT molecular complexity index is 559. The SMILES string of the molecule is N#CCN(CC#N)Cc1ccc(C#CCO)cc1F. The molecule has 0 radical (unpaired) electrons. The van der Waals surface area contributed by atoms with Crippen molar-refractivity contribution >= 4 is 0 Å². The average molecular weight is 257 g/mol. The van der Waals surface area contributed by atoms with E-state index in [0.717, 1.165) is 0 Å². The molecule has 0 aromatic heterocycles. The molecule has 0 bridgehead atoms. The van der Waals surface area contributed by atoms with Crippen LogP contribution in [0.25, 0.3) is 0 Å². The normalized spacial score (nSPS) is 9.32. The summed E-state index contributed by atoms with van der Waals surface area (Å²) in [6.45, 7) is 0.0558. The average Bonchev–Trinajstić information content (AvgIpc) is 2.39. The van der Waals surface area contributed by atoms with E-state index in [9.17, 15) is 4.39 Å². The first-order valence-electron chi connectivity index (χ1n) is 5.55. The molecule has 1 aromatic rings. The molecule has 0 amide bonds. The third-order valence-corrected chi connectivity index (χ3v) is 2.35. The Morgan fingerprint density at radius 3 is 2.42 bits per heavy atom. The Morgan fingerprint density at radius 2 is 1.89 bits per heavy atom. The Hall–Kier alpha value is -2.39. The van der Waals surface area contributed by atoms with Crippen LogP contribution in [0.5, 0.6) is 0 Å². The van der Waals surface area contributed by atoms with Crippen molar-refractivity contribution in [2.45, 2.75) is 6.54 Å². The quantitative estimate of drug-likeness (QED) is 0.645. The van der Waals surface area contributed by atoms with Crippen LogP contribution in [-0.2, 0) is 6.54 Å². The summed E-state index contributed by atoms with van der Waals surface area (Å²) in [6.07, 6.45) is 0. The van der Waals surface area contributed by atoms with Crippen molar-refractivity contribution in [1.29, 1.82) is 10.5 Å². The molecule has 1 rings (SSSR count). The van der Waals surface area contributed by atoms with Crippen LogP contribution in [0.3, 0.4) is 0 Å². The maximum atomic E-state index is 13.8. The Kier molecular flexibility index (Phi) is 6.06. The van der Waals surface area contributed by atoms with Gasteiger partial charge in [-0.15, -0.1) is 0 Å². The van der Waals surface area contributed by atoms with E-state index in [0.29, 0.717) is 11.1 Å². The van der Waals surface area contributed by atoms with Crippen LogP contribution in [0.2, 0.25) is 0 Å². The summed E-state index contributed by atoms with van der Waals surface area (Å²) in [5.74, 6) is 4.60. The van der Waals surface area contributed by atoms with Gasteiger partial charge in [0.25, 0.3) is 0 Å². The van der Waals surface area contributed by atoms with Crippen molar-refractivity contribution in [3.8, 4) is 24.0 Å². The van der Waals surface area contributed by atoms with Crippen molar-refractivity contribution < 1.29 is 9.50 Å². The molecular formula is C14H12FN3O. The number of aliphatic hydroxyl groups excluding tert-OH is 1. The Morgan fingerprint density at radius 1 is 1.21 bits per heavy atom. The second-order valence-corrected chi connectivity index (χ2v) is 3.73. The molecule has 0 saturated carbocycles. The second kappa shape index (κ2) is 7.84. The molecule has 19 heavy (non-hydrogen) atoms. The third-order valence-electron chi connectivity index (χ3n) is 2.35. The van der Waals surface area contributed by atoms with Gasteiger partial charge < -0.3 is 5.11 Å². The molecule has 0 unspecified atom stereocenters. The molecule has 0 saturated heterocycles. The van der Waals surface area contributed by atoms with Crippen LogP contribution < -0.4 is 0 Å². The fourth-order valence-corrected chi connectivity index (χ4v) is 1.50. The summed E-state index contributed by atoms with van der Waals surface area (Å²) in [5.41, 5.74) is 0.877. The first-order valence-corrected chi connectivity index (χ1v) is 5.55. The second-order valence-electron chi connectivity index (χ2n) is 3.73. The highest BCUT2D eigenvalue weighted by Gasteiger charge is 2.09. The first kappa shape index (κ1) is 14.7. The molecule has 96 valence electrons. The summed E-state index contributed by atoms with van der Waals surface area (Å²) in [4.78, 5) is 1.54. The number of nitrogens with zero attached hydrogens (tertiary/aromatic N) is 3. The predicted octanol–water partition coefficient (Wildman–Crippen LogP) is 1.02. The zero-order valence-corrected chi connectivity index (χ0v) is 10.2. The van der Waals surface area contributed by atoms with Gasteiger partial charge in [-0.3, -0.25) is 4.90 Å². The lowest BCUT2D eigenvalue weighted by Crippen LogP contribution is -2.24. The highest BCUT2D eigenvalue weighted by atomic mass is 19.1. The van der Waals surface area contributed by atoms with Gasteiger partial charge in [-0.05, 0) is 12.1 Å². The number of hydrogen-bond acceptors (Lipinski definition) is 4. The van der Waals surface area contributed by atoms with Crippen LogP contribution in [0.4, 0.5) is 4.39 Å². The summed E-state index contributed by atoms with van der Waals surface area (Å²) >= 11 is 0. The van der Waals surface area contributed by atoms with Crippen LogP contribution in [-0.4, -0.2) is 29.7 Å². The van der Waals surface area contributed by atoms with Crippen molar-refractivity contribution in [2.24, 2.45) is 0 Å². The van der Waals surface area contributed by atoms with E-state index < -0.39 is 5.82 Å². The van der Waals surface area contributed by atoms with Gasteiger partial charge in [-0.25, -0.2) is 4.39 Å². The van der Waals surface area contributed by atoms with Crippen molar-refractivity contribution in [2.75, 3.05) is 19.7 Å². The molecule has 4 nitrogen and oxygen atoms in total. The maximum absolute atomic E-state index is 13.8. The molecular weight excluding hydrogens is 245 g/mol. The van der Waals surface area contributed by atoms with E-state index in [4.69, 9.17) is 15.6 Å². The van der Waals surface area contributed by atoms with Crippen molar-refractivity contribution in [1.82, 2.24) is 4.90 Å². The molecule has 1 aromatic carbocycles. The van der Waals surface area contributed by atoms with Gasteiger partial charge in [-0.2, -0.15) is 10.5 Å². The molecule has 0 fully saturated rings. The van der Waals surface area contributed by atoms with Gasteiger partial charge in [0.1, 0.15) is 12.4 Å². The maximum Gasteiger partial charge on any atom is 0.128 e. The van der Waals surface area contributed by atoms with Crippen LogP contribution in [0, 0.1) is 40.3 Å². The third kappa shape index (κ3) is 4.77. The zero-order valence-electron chi connectivity index (χ0n) is 10.2. The van der Waals surface area contributed by atoms with E-state index in [1.165, 1.54) is 11.0 Å². The van der Waals surface area contributed by atoms with Gasteiger partial charge in [-0.1, -0.05) is 17.9 Å². The van der Waals surface area contributed by atoms with Crippen LogP contribution in [0.1, 0.15) is 11.1 Å². The van der Waals surface area contributed by atoms with Gasteiger partial charge in [0.05, 0.1) is 25.2 Å². The number of nitriles is 2. The number of aliphatic hydroxyl groups is 1. The molecule has 0 aliphatic heterocycles. The van der Waals surface area contributed by atoms with E-state index in [1.54, 1.807) is 12.1 Å². The summed E-state index contributed by atoms with van der Waals surface area (Å²) in [7, 11) is 0. The monoisotopic (exact) mass is 257 g/mol. The fraction of sp³-hybridized carbons (Fsp3) is 0.286. The van der Waals surface area contributed by atoms with E-state index in [1.807, 2.05) is 12.1 Å². The van der Waals surface area contributed by atoms with Crippen LogP contribution >= 0.6 is 0 Å². The summed E-state index contributed by atoms with van der Waals surface area (Å²) < 4.78 is 13.8. The standard InChI is InChI=1S/C14H12FN3O/c15-14-10-12(2-1-9-19)3-4-13(14)11-18(7-5-16)8-6-17/h3-4,10,19H,7-9,11H2. The zero-order chi connectivity index (χ0) is 14.1. The van der Waals surface area contributed by atoms with Crippen molar-refractivity contribution in [3.05, 3.63) is 35.1 Å². The topological polar surface area (TPSA) is 71.0 Å². The Labute approximate surface area is 111 Å². The highest BCUT2D eigenvalue weighted by Crippen LogP contribution is 2.12. The van der Waals surface area contributed by atoms with E-state index >= 15 is 0 Å². The van der Waals surface area contributed by atoms with E-state index in [-0.39, 0.29) is 26.2 Å². The first-order chi connectivity index (χ1) is 9.21. The lowest BCUT2D eigenvalue weighted by Gasteiger charge is -2.15. The summed E-state index contributed by atoms with van der Waals surface area (Å²) in [5, 5.41) is 25.8. The minimum absolute atomic E-state index is 0.0685. The predicted molar refractivity (Wildman–Crippen MR) is 66.9 cm³/mol. The minimum Gasteiger partial charge on any atom is -0.384 e. The number of benzene rings is 1. The smallest absolute Gasteiger partial charge is 0.128 e. The molecule has 5 heteroatoms. The lowest BCUT2D eigenvalue weighted by molar-refractivity contribution is 0.328. The van der Waals surface area contributed by atoms with Crippen LogP contribution in [0.15, 0.2) is 18.2 Å². The molecule has 0 heterocycles. The number of rotatable bonds is 4. The molecule has 0 aliphatic rings. The highest BCUT2D eigenvalue weighted by molar-refractivity contribution is 5.37. The summed E-state index contributed by atoms with van der Waals surface area (Å²) in [6, 6.07) is 8.35. The largest absolute Gasteiger partial charge is 0.384 e. The number of hydrogen-bond donors (Lipinski definition) is 1. The molecule has 0 atom stereocenters. The lowest BCUT2D eigenvalue weighted by atomic mass is 10.1. The van der Waals surface area contributed by atoms with Gasteiger partial charge in [0.2, 0.25) is 0 Å². The minimum atomic E-state index is -0.439. The fourth-order valence-electron chi connectivity index (χ4n) is 1.50. The van der Waals surface area contributed by atoms with Crippen molar-refractivity contribution in [3.63, 3.8) is 0 Å². The molecule has 0 spiro atoms. The van der Waals surface area contributed by atoms with Gasteiger partial charge >= 0.3 is 0 Å². The van der Waals surface area contributed by atoms with E-state index in [2.05, 4.69) is 11.8 Å².